The van der Waals surface area contributed by atoms with Crippen LogP contribution in [0.3, 0.4) is 0 Å². The van der Waals surface area contributed by atoms with Crippen LogP contribution in [0.4, 0.5) is 16.2 Å². The number of halogens is 1. The molecule has 1 aliphatic heterocycles. The Kier molecular flexibility index (Phi) is 7.56. The van der Waals surface area contributed by atoms with Crippen LogP contribution in [-0.4, -0.2) is 64.7 Å². The van der Waals surface area contributed by atoms with Crippen LogP contribution in [0.2, 0.25) is 0 Å². The zero-order valence-corrected chi connectivity index (χ0v) is 20.3. The third-order valence-corrected chi connectivity index (χ3v) is 6.49. The van der Waals surface area contributed by atoms with Crippen molar-refractivity contribution in [3.05, 3.63) is 6.33 Å². The Morgan fingerprint density at radius 3 is 2.94 bits per heavy atom. The van der Waals surface area contributed by atoms with E-state index in [9.17, 15) is 4.79 Å². The molecule has 0 saturated carbocycles. The number of nitrogens with one attached hydrogen (secondary N) is 1. The van der Waals surface area contributed by atoms with Gasteiger partial charge >= 0.3 is 13.0 Å². The molecule has 2 aromatic heterocycles. The number of nitrogen functional groups attached to an aromatic ring is 1. The number of aromatic nitrogens is 4. The Labute approximate surface area is 191 Å². The number of nitrogens with two attached hydrogens (primary N) is 1. The number of imidazole rings is 1. The molecule has 0 aromatic carbocycles. The normalized spacial score (nSPS) is 24.5. The third kappa shape index (κ3) is 5.29. The molecule has 3 rings (SSSR count). The molecule has 3 N–H and O–H groups in total. The van der Waals surface area contributed by atoms with Crippen molar-refractivity contribution in [2.45, 2.75) is 45.3 Å². The van der Waals surface area contributed by atoms with Crippen LogP contribution in [-0.2, 0) is 30.6 Å². The Balaban J connectivity index is 1.70. The van der Waals surface area contributed by atoms with E-state index >= 15 is 4.39 Å². The summed E-state index contributed by atoms with van der Waals surface area (Å²) in [5.74, 6) is -2.06. The Morgan fingerprint density at radius 2 is 2.28 bits per heavy atom. The summed E-state index contributed by atoms with van der Waals surface area (Å²) in [5.41, 5.74) is 6.86. The van der Waals surface area contributed by atoms with Crippen molar-refractivity contribution >= 4 is 47.8 Å². The quantitative estimate of drug-likeness (QED) is 0.397. The van der Waals surface area contributed by atoms with Crippen LogP contribution in [0.25, 0.3) is 11.2 Å². The minimum Gasteiger partial charge on any atom is -0.465 e. The smallest absolute Gasteiger partial charge is 0.440 e. The van der Waals surface area contributed by atoms with E-state index in [1.165, 1.54) is 0 Å². The molecule has 0 radical (unpaired) electrons. The lowest BCUT2D eigenvalue weighted by Crippen LogP contribution is -2.33. The third-order valence-electron chi connectivity index (χ3n) is 4.90. The van der Waals surface area contributed by atoms with Crippen molar-refractivity contribution in [1.82, 2.24) is 24.6 Å². The van der Waals surface area contributed by atoms with Crippen LogP contribution in [0.1, 0.15) is 33.4 Å². The molecular weight excluding hydrogens is 460 g/mol. The Hall–Kier alpha value is -2.05. The van der Waals surface area contributed by atoms with Crippen LogP contribution in [0.15, 0.2) is 6.33 Å². The second kappa shape index (κ2) is 9.84. The van der Waals surface area contributed by atoms with Gasteiger partial charge in [-0.3, -0.25) is 9.36 Å². The largest absolute Gasteiger partial charge is 0.465 e. The standard InChI is InChI=1S/C18H28FN7O4PS/c1-6-28-16(27)11(3)24-31(32)29-8-18(19)7-10(2)15(30-18)26-9-21-12-13(25(4)5)22-17(20)23-14(12)26/h9-11,15H,6-8H2,1-5H3,(H,24,32)(H2,20,22,23)/q+1/t10-,11+,15+,18-/m0/s1. The highest BCUT2D eigenvalue weighted by Gasteiger charge is 2.48. The average molecular weight is 489 g/mol. The monoisotopic (exact) mass is 488 g/mol. The highest BCUT2D eigenvalue weighted by Crippen LogP contribution is 2.44. The molecule has 0 amide bonds. The van der Waals surface area contributed by atoms with Crippen molar-refractivity contribution in [3.63, 3.8) is 0 Å². The molecule has 5 atom stereocenters. The fourth-order valence-electron chi connectivity index (χ4n) is 3.47. The van der Waals surface area contributed by atoms with Crippen LogP contribution < -0.4 is 15.7 Å². The maximum atomic E-state index is 15.5. The summed E-state index contributed by atoms with van der Waals surface area (Å²) in [7, 11) is 1.97. The molecule has 1 fully saturated rings. The van der Waals surface area contributed by atoms with Crippen LogP contribution in [0, 0.1) is 5.92 Å². The van der Waals surface area contributed by atoms with Gasteiger partial charge in [-0.25, -0.2) is 9.37 Å². The molecule has 0 spiro atoms. The number of ether oxygens (including phenoxy) is 2. The molecule has 2 aromatic rings. The van der Waals surface area contributed by atoms with Gasteiger partial charge in [0.2, 0.25) is 23.6 Å². The van der Waals surface area contributed by atoms with Crippen molar-refractivity contribution in [3.8, 4) is 0 Å². The molecular formula is C18H28FN7O4PS+. The minimum absolute atomic E-state index is 0.0852. The predicted molar refractivity (Wildman–Crippen MR) is 121 cm³/mol. The predicted octanol–water partition coefficient (Wildman–Crippen LogP) is 2.03. The lowest BCUT2D eigenvalue weighted by atomic mass is 10.1. The number of anilines is 2. The summed E-state index contributed by atoms with van der Waals surface area (Å²) in [6.45, 7) is 5.07. The van der Waals surface area contributed by atoms with Gasteiger partial charge in [-0.15, -0.1) is 4.52 Å². The maximum Gasteiger partial charge on any atom is 0.440 e. The SMILES string of the molecule is CCOC(=O)[C@@H](C)N[P+](=S)OC[C@]1(F)C[C@H](C)[C@H](n2cnc3c(N(C)C)nc(N)nc32)O1. The molecule has 176 valence electrons. The molecule has 32 heavy (non-hydrogen) atoms. The molecule has 14 heteroatoms. The summed E-state index contributed by atoms with van der Waals surface area (Å²) in [6, 6.07) is -0.654. The van der Waals surface area contributed by atoms with Crippen LogP contribution >= 0.6 is 7.07 Å². The second-order valence-corrected chi connectivity index (χ2v) is 9.86. The first-order chi connectivity index (χ1) is 15.0. The van der Waals surface area contributed by atoms with E-state index in [-0.39, 0.29) is 31.5 Å². The summed E-state index contributed by atoms with van der Waals surface area (Å²) in [5, 5.41) is 2.81. The zero-order chi connectivity index (χ0) is 23.6. The second-order valence-electron chi connectivity index (χ2n) is 7.83. The molecule has 1 aliphatic rings. The highest BCUT2D eigenvalue weighted by molar-refractivity contribution is 8.02. The van der Waals surface area contributed by atoms with Gasteiger partial charge in [-0.2, -0.15) is 9.97 Å². The molecule has 3 heterocycles. The van der Waals surface area contributed by atoms with Crippen molar-refractivity contribution in [1.29, 1.82) is 0 Å². The molecule has 1 unspecified atom stereocenters. The lowest BCUT2D eigenvalue weighted by Gasteiger charge is -2.20. The highest BCUT2D eigenvalue weighted by atomic mass is 32.4. The number of hydrogen-bond acceptors (Lipinski definition) is 10. The van der Waals surface area contributed by atoms with E-state index in [4.69, 9.17) is 31.5 Å². The fourth-order valence-corrected chi connectivity index (χ4v) is 4.91. The first-order valence-corrected chi connectivity index (χ1v) is 12.4. The lowest BCUT2D eigenvalue weighted by molar-refractivity contribution is -0.171. The van der Waals surface area contributed by atoms with Crippen molar-refractivity contribution in [2.75, 3.05) is 37.9 Å². The van der Waals surface area contributed by atoms with E-state index in [2.05, 4.69) is 20.0 Å². The van der Waals surface area contributed by atoms with E-state index in [1.807, 2.05) is 21.0 Å². The van der Waals surface area contributed by atoms with Gasteiger partial charge in [0, 0.05) is 26.4 Å². The number of nitrogens with zero attached hydrogens (tertiary/aromatic N) is 5. The molecule has 0 aliphatic carbocycles. The summed E-state index contributed by atoms with van der Waals surface area (Å²) < 4.78 is 33.3. The number of esters is 1. The van der Waals surface area contributed by atoms with Gasteiger partial charge < -0.3 is 20.1 Å². The van der Waals surface area contributed by atoms with Gasteiger partial charge in [0.05, 0.1) is 12.9 Å². The number of alkyl halides is 1. The van der Waals surface area contributed by atoms with E-state index in [1.54, 1.807) is 29.6 Å². The summed E-state index contributed by atoms with van der Waals surface area (Å²) in [4.78, 5) is 26.4. The van der Waals surface area contributed by atoms with Gasteiger partial charge in [0.15, 0.2) is 23.6 Å². The van der Waals surface area contributed by atoms with E-state index in [0.717, 1.165) is 0 Å². The van der Waals surface area contributed by atoms with Gasteiger partial charge in [-0.1, -0.05) is 12.0 Å². The number of hydrogen-bond donors (Lipinski definition) is 2. The number of carbonyl (C=O) groups excluding carboxylic acids is 1. The zero-order valence-electron chi connectivity index (χ0n) is 18.6. The maximum absolute atomic E-state index is 15.5. The van der Waals surface area contributed by atoms with Gasteiger partial charge in [0.25, 0.3) is 0 Å². The topological polar surface area (TPSA) is 130 Å². The minimum atomic E-state index is -2.06. The first kappa shape index (κ1) is 24.6. The van der Waals surface area contributed by atoms with Crippen molar-refractivity contribution < 1.29 is 23.2 Å². The molecule has 0 bridgehead atoms. The van der Waals surface area contributed by atoms with Gasteiger partial charge in [0.1, 0.15) is 12.3 Å². The number of rotatable bonds is 9. The average Bonchev–Trinajstić information content (AvgIpc) is 3.26. The Bertz CT molecular complexity index is 1010. The number of carbonyl (C=O) groups is 1. The summed E-state index contributed by atoms with van der Waals surface area (Å²) in [6.07, 6.45) is 0.965. The molecule has 1 saturated heterocycles. The van der Waals surface area contributed by atoms with E-state index in [0.29, 0.717) is 17.0 Å². The van der Waals surface area contributed by atoms with Crippen molar-refractivity contribution in [2.24, 2.45) is 5.92 Å². The Morgan fingerprint density at radius 1 is 1.56 bits per heavy atom. The van der Waals surface area contributed by atoms with E-state index < -0.39 is 31.2 Å². The number of fused-ring (bicyclic) bond motifs is 1. The van der Waals surface area contributed by atoms with Gasteiger partial charge in [-0.05, 0) is 13.8 Å². The fraction of sp³-hybridized carbons (Fsp3) is 0.667. The summed E-state index contributed by atoms with van der Waals surface area (Å²) >= 11 is 5.21. The van der Waals surface area contributed by atoms with Crippen LogP contribution in [0.5, 0.6) is 0 Å². The molecule has 11 nitrogen and oxygen atoms in total. The first-order valence-electron chi connectivity index (χ1n) is 10.1.